The molecule has 1 aliphatic heterocycles. The molecule has 6 heteroatoms. The molecule has 1 saturated carbocycles. The van der Waals surface area contributed by atoms with Crippen molar-refractivity contribution >= 4 is 0 Å². The smallest absolute Gasteiger partial charge is 0.151 e. The molecule has 2 fully saturated rings. The molecule has 6 nitrogen and oxygen atoms in total. The van der Waals surface area contributed by atoms with Gasteiger partial charge in [-0.1, -0.05) is 5.16 Å². The molecule has 3 heterocycles. The summed E-state index contributed by atoms with van der Waals surface area (Å²) < 4.78 is 11.4. The maximum absolute atomic E-state index is 10.1. The third-order valence-corrected chi connectivity index (χ3v) is 5.55. The average Bonchev–Trinajstić information content (AvgIpc) is 3.22. The van der Waals surface area contributed by atoms with E-state index in [0.29, 0.717) is 6.54 Å². The molecule has 1 saturated heterocycles. The Labute approximate surface area is 141 Å². The first-order valence-corrected chi connectivity index (χ1v) is 8.53. The highest BCUT2D eigenvalue weighted by Gasteiger charge is 2.50. The van der Waals surface area contributed by atoms with Crippen molar-refractivity contribution < 1.29 is 14.4 Å². The van der Waals surface area contributed by atoms with Gasteiger partial charge in [0.1, 0.15) is 5.69 Å². The first-order valence-electron chi connectivity index (χ1n) is 8.53. The molecule has 0 unspecified atom stereocenters. The largest absolute Gasteiger partial charge is 0.393 e. The summed E-state index contributed by atoms with van der Waals surface area (Å²) in [5, 5.41) is 14.2. The minimum absolute atomic E-state index is 0.120. The molecule has 2 aromatic rings. The van der Waals surface area contributed by atoms with E-state index in [1.54, 1.807) is 19.5 Å². The molecular weight excluding hydrogens is 306 g/mol. The van der Waals surface area contributed by atoms with Crippen molar-refractivity contribution in [3.63, 3.8) is 0 Å². The van der Waals surface area contributed by atoms with Crippen LogP contribution in [-0.2, 0) is 11.3 Å². The summed E-state index contributed by atoms with van der Waals surface area (Å²) in [6.07, 6.45) is 6.80. The monoisotopic (exact) mass is 329 g/mol. The van der Waals surface area contributed by atoms with Crippen LogP contribution in [0.2, 0.25) is 0 Å². The SMILES string of the molecule is CO[C@]12CC[C@@H](O)C[C@H]1N(Cc1cc(-c3cccnc3)no1)CC2. The van der Waals surface area contributed by atoms with Crippen molar-refractivity contribution in [2.45, 2.75) is 50.0 Å². The van der Waals surface area contributed by atoms with E-state index in [9.17, 15) is 5.11 Å². The Hall–Kier alpha value is -1.76. The van der Waals surface area contributed by atoms with Gasteiger partial charge in [-0.3, -0.25) is 9.88 Å². The summed E-state index contributed by atoms with van der Waals surface area (Å²) >= 11 is 0. The van der Waals surface area contributed by atoms with Crippen LogP contribution in [0.3, 0.4) is 0 Å². The van der Waals surface area contributed by atoms with Crippen molar-refractivity contribution in [1.29, 1.82) is 0 Å². The van der Waals surface area contributed by atoms with Crippen LogP contribution < -0.4 is 0 Å². The van der Waals surface area contributed by atoms with Crippen LogP contribution in [0.25, 0.3) is 11.3 Å². The van der Waals surface area contributed by atoms with Crippen molar-refractivity contribution in [2.24, 2.45) is 0 Å². The van der Waals surface area contributed by atoms with Crippen molar-refractivity contribution in [3.05, 3.63) is 36.4 Å². The van der Waals surface area contributed by atoms with E-state index < -0.39 is 0 Å². The van der Waals surface area contributed by atoms with E-state index in [0.717, 1.165) is 49.2 Å². The van der Waals surface area contributed by atoms with Crippen LogP contribution in [-0.4, -0.2) is 51.5 Å². The fraction of sp³-hybridized carbons (Fsp3) is 0.556. The second kappa shape index (κ2) is 6.27. The van der Waals surface area contributed by atoms with Gasteiger partial charge in [0.05, 0.1) is 18.2 Å². The maximum Gasteiger partial charge on any atom is 0.151 e. The first kappa shape index (κ1) is 15.7. The normalized spacial score (nSPS) is 30.4. The van der Waals surface area contributed by atoms with Crippen molar-refractivity contribution in [3.8, 4) is 11.3 Å². The number of hydrogen-bond donors (Lipinski definition) is 1. The molecule has 1 N–H and O–H groups in total. The zero-order valence-corrected chi connectivity index (χ0v) is 13.9. The quantitative estimate of drug-likeness (QED) is 0.927. The van der Waals surface area contributed by atoms with Gasteiger partial charge in [-0.15, -0.1) is 0 Å². The third-order valence-electron chi connectivity index (χ3n) is 5.55. The molecule has 0 amide bonds. The van der Waals surface area contributed by atoms with Crippen LogP contribution >= 0.6 is 0 Å². The van der Waals surface area contributed by atoms with Gasteiger partial charge in [-0.25, -0.2) is 0 Å². The number of aromatic nitrogens is 2. The van der Waals surface area contributed by atoms with E-state index in [1.165, 1.54) is 0 Å². The van der Waals surface area contributed by atoms with Crippen molar-refractivity contribution in [2.75, 3.05) is 13.7 Å². The van der Waals surface area contributed by atoms with Gasteiger partial charge >= 0.3 is 0 Å². The maximum atomic E-state index is 10.1. The van der Waals surface area contributed by atoms with Gasteiger partial charge in [0.25, 0.3) is 0 Å². The van der Waals surface area contributed by atoms with E-state index in [1.807, 2.05) is 18.2 Å². The minimum Gasteiger partial charge on any atom is -0.393 e. The Kier molecular flexibility index (Phi) is 4.12. The van der Waals surface area contributed by atoms with Crippen LogP contribution in [0, 0.1) is 0 Å². The standard InChI is InChI=1S/C18H23N3O3/c1-23-18-5-4-14(22)9-17(18)21(8-6-18)12-15-10-16(20-24-15)13-3-2-7-19-11-13/h2-3,7,10-11,14,17,22H,4-6,8-9,12H2,1H3/t14-,17-,18+/m1/s1. The summed E-state index contributed by atoms with van der Waals surface area (Å²) in [5.74, 6) is 0.834. The van der Waals surface area contributed by atoms with E-state index in [-0.39, 0.29) is 17.7 Å². The number of hydrogen-bond acceptors (Lipinski definition) is 6. The highest BCUT2D eigenvalue weighted by atomic mass is 16.5. The topological polar surface area (TPSA) is 71.6 Å². The number of ether oxygens (including phenoxy) is 1. The molecule has 2 aliphatic rings. The molecule has 0 spiro atoms. The molecule has 4 rings (SSSR count). The molecule has 128 valence electrons. The van der Waals surface area contributed by atoms with Gasteiger partial charge in [0, 0.05) is 43.7 Å². The number of pyridine rings is 1. The van der Waals surface area contributed by atoms with Crippen LogP contribution in [0.1, 0.15) is 31.4 Å². The van der Waals surface area contributed by atoms with Gasteiger partial charge in [0.15, 0.2) is 5.76 Å². The summed E-state index contributed by atoms with van der Waals surface area (Å²) in [5.41, 5.74) is 1.64. The minimum atomic E-state index is -0.237. The first-order chi connectivity index (χ1) is 11.7. The number of rotatable bonds is 4. The van der Waals surface area contributed by atoms with Gasteiger partial charge in [0.2, 0.25) is 0 Å². The van der Waals surface area contributed by atoms with Crippen LogP contribution in [0.15, 0.2) is 35.1 Å². The Bertz CT molecular complexity index is 690. The fourth-order valence-corrected chi connectivity index (χ4v) is 4.20. The van der Waals surface area contributed by atoms with E-state index >= 15 is 0 Å². The molecule has 0 radical (unpaired) electrons. The van der Waals surface area contributed by atoms with Crippen LogP contribution in [0.4, 0.5) is 0 Å². The number of aliphatic hydroxyl groups excluding tert-OH is 1. The Balaban J connectivity index is 1.51. The second-order valence-electron chi connectivity index (χ2n) is 6.85. The Morgan fingerprint density at radius 3 is 3.17 bits per heavy atom. The number of likely N-dealkylation sites (tertiary alicyclic amines) is 1. The summed E-state index contributed by atoms with van der Waals surface area (Å²) in [4.78, 5) is 6.48. The Morgan fingerprint density at radius 2 is 2.38 bits per heavy atom. The van der Waals surface area contributed by atoms with E-state index in [2.05, 4.69) is 15.0 Å². The second-order valence-corrected chi connectivity index (χ2v) is 6.85. The fourth-order valence-electron chi connectivity index (χ4n) is 4.20. The highest BCUT2D eigenvalue weighted by molar-refractivity contribution is 5.57. The highest BCUT2D eigenvalue weighted by Crippen LogP contribution is 2.43. The molecular formula is C18H23N3O3. The lowest BCUT2D eigenvalue weighted by atomic mass is 9.79. The lowest BCUT2D eigenvalue weighted by molar-refractivity contribution is -0.0886. The lowest BCUT2D eigenvalue weighted by Gasteiger charge is -2.42. The molecule has 2 aromatic heterocycles. The molecule has 0 aromatic carbocycles. The average molecular weight is 329 g/mol. The summed E-state index contributed by atoms with van der Waals surface area (Å²) in [7, 11) is 1.79. The summed E-state index contributed by atoms with van der Waals surface area (Å²) in [6, 6.07) is 6.07. The Morgan fingerprint density at radius 1 is 1.46 bits per heavy atom. The number of methoxy groups -OCH3 is 1. The zero-order chi connectivity index (χ0) is 16.6. The lowest BCUT2D eigenvalue weighted by Crippen LogP contribution is -2.51. The van der Waals surface area contributed by atoms with Crippen molar-refractivity contribution in [1.82, 2.24) is 15.0 Å². The molecule has 24 heavy (non-hydrogen) atoms. The summed E-state index contributed by atoms with van der Waals surface area (Å²) in [6.45, 7) is 1.64. The predicted molar refractivity (Wildman–Crippen MR) is 88.1 cm³/mol. The third kappa shape index (κ3) is 2.75. The molecule has 1 aliphatic carbocycles. The zero-order valence-electron chi connectivity index (χ0n) is 13.9. The number of fused-ring (bicyclic) bond motifs is 1. The predicted octanol–water partition coefficient (Wildman–Crippen LogP) is 2.24. The van der Waals surface area contributed by atoms with Gasteiger partial charge in [-0.05, 0) is 37.8 Å². The van der Waals surface area contributed by atoms with Gasteiger partial charge < -0.3 is 14.4 Å². The van der Waals surface area contributed by atoms with Gasteiger partial charge in [-0.2, -0.15) is 0 Å². The molecule has 0 bridgehead atoms. The van der Waals surface area contributed by atoms with Crippen LogP contribution in [0.5, 0.6) is 0 Å². The number of aliphatic hydroxyl groups is 1. The molecule has 3 atom stereocenters. The van der Waals surface area contributed by atoms with E-state index in [4.69, 9.17) is 9.26 Å². The number of nitrogens with zero attached hydrogens (tertiary/aromatic N) is 3.